The van der Waals surface area contributed by atoms with Gasteiger partial charge in [0.15, 0.2) is 0 Å². The summed E-state index contributed by atoms with van der Waals surface area (Å²) in [4.78, 5) is 23.9. The maximum Gasteiger partial charge on any atom is 0.251 e. The minimum Gasteiger partial charge on any atom is -0.352 e. The monoisotopic (exact) mass is 324 g/mol. The lowest BCUT2D eigenvalue weighted by Gasteiger charge is -2.16. The molecule has 0 fully saturated rings. The van der Waals surface area contributed by atoms with Crippen molar-refractivity contribution >= 4 is 11.8 Å². The second kappa shape index (κ2) is 8.87. The van der Waals surface area contributed by atoms with Crippen LogP contribution < -0.4 is 10.6 Å². The molecule has 126 valence electrons. The van der Waals surface area contributed by atoms with Crippen molar-refractivity contribution in [3.05, 3.63) is 71.3 Å². The van der Waals surface area contributed by atoms with Gasteiger partial charge in [-0.05, 0) is 43.5 Å². The molecule has 0 spiro atoms. The number of hydrogen-bond donors (Lipinski definition) is 2. The highest BCUT2D eigenvalue weighted by Gasteiger charge is 2.11. The van der Waals surface area contributed by atoms with Gasteiger partial charge in [0.05, 0.1) is 6.04 Å². The van der Waals surface area contributed by atoms with Crippen molar-refractivity contribution in [3.63, 3.8) is 0 Å². The van der Waals surface area contributed by atoms with E-state index in [4.69, 9.17) is 0 Å². The number of hydrogen-bond acceptors (Lipinski definition) is 2. The summed E-state index contributed by atoms with van der Waals surface area (Å²) in [6, 6.07) is 17.1. The van der Waals surface area contributed by atoms with Crippen molar-refractivity contribution in [1.29, 1.82) is 0 Å². The summed E-state index contributed by atoms with van der Waals surface area (Å²) in [6.07, 6.45) is 1.01. The molecular weight excluding hydrogens is 300 g/mol. The Hall–Kier alpha value is -2.62. The third kappa shape index (κ3) is 5.23. The van der Waals surface area contributed by atoms with E-state index in [1.807, 2.05) is 56.3 Å². The average Bonchev–Trinajstić information content (AvgIpc) is 2.59. The van der Waals surface area contributed by atoms with Crippen LogP contribution >= 0.6 is 0 Å². The highest BCUT2D eigenvalue weighted by Crippen LogP contribution is 2.16. The predicted molar refractivity (Wildman–Crippen MR) is 95.7 cm³/mol. The quantitative estimate of drug-likeness (QED) is 0.767. The van der Waals surface area contributed by atoms with Crippen LogP contribution in [0.1, 0.15) is 47.3 Å². The van der Waals surface area contributed by atoms with E-state index in [9.17, 15) is 9.59 Å². The SMILES string of the molecule is Cc1ccccc1C(C)NC(=O)CCCNC(=O)c1ccccc1. The summed E-state index contributed by atoms with van der Waals surface area (Å²) in [6.45, 7) is 4.51. The van der Waals surface area contributed by atoms with Crippen LogP contribution in [0, 0.1) is 6.92 Å². The molecule has 0 aromatic heterocycles. The van der Waals surface area contributed by atoms with E-state index in [1.165, 1.54) is 5.56 Å². The number of aryl methyl sites for hydroxylation is 1. The van der Waals surface area contributed by atoms with Crippen molar-refractivity contribution in [2.24, 2.45) is 0 Å². The van der Waals surface area contributed by atoms with Gasteiger partial charge in [-0.1, -0.05) is 42.5 Å². The number of carbonyl (C=O) groups excluding carboxylic acids is 2. The molecule has 24 heavy (non-hydrogen) atoms. The molecule has 0 aliphatic rings. The molecule has 2 aromatic carbocycles. The first kappa shape index (κ1) is 17.7. The van der Waals surface area contributed by atoms with Gasteiger partial charge in [-0.2, -0.15) is 0 Å². The fourth-order valence-electron chi connectivity index (χ4n) is 2.61. The van der Waals surface area contributed by atoms with Crippen molar-refractivity contribution in [2.45, 2.75) is 32.7 Å². The first-order valence-corrected chi connectivity index (χ1v) is 8.26. The van der Waals surface area contributed by atoms with E-state index in [2.05, 4.69) is 10.6 Å². The molecule has 1 atom stereocenters. The minimum absolute atomic E-state index is 0.000266. The topological polar surface area (TPSA) is 58.2 Å². The maximum atomic E-state index is 12.0. The Morgan fingerprint density at radius 3 is 2.38 bits per heavy atom. The summed E-state index contributed by atoms with van der Waals surface area (Å²) in [5, 5.41) is 5.83. The van der Waals surface area contributed by atoms with Crippen molar-refractivity contribution in [3.8, 4) is 0 Å². The van der Waals surface area contributed by atoms with Crippen molar-refractivity contribution < 1.29 is 9.59 Å². The van der Waals surface area contributed by atoms with Crippen LogP contribution in [0.4, 0.5) is 0 Å². The van der Waals surface area contributed by atoms with Crippen LogP contribution in [0.2, 0.25) is 0 Å². The lowest BCUT2D eigenvalue weighted by atomic mass is 10.0. The first-order valence-electron chi connectivity index (χ1n) is 8.26. The van der Waals surface area contributed by atoms with Gasteiger partial charge < -0.3 is 10.6 Å². The van der Waals surface area contributed by atoms with Crippen molar-refractivity contribution in [1.82, 2.24) is 10.6 Å². The molecule has 0 saturated carbocycles. The Morgan fingerprint density at radius 2 is 1.67 bits per heavy atom. The normalized spacial score (nSPS) is 11.6. The summed E-state index contributed by atoms with van der Waals surface area (Å²) in [5.74, 6) is -0.107. The molecule has 0 aliphatic carbocycles. The second-order valence-electron chi connectivity index (χ2n) is 5.87. The van der Waals surface area contributed by atoms with Crippen LogP contribution in [0.15, 0.2) is 54.6 Å². The maximum absolute atomic E-state index is 12.0. The minimum atomic E-state index is -0.107. The molecule has 2 aromatic rings. The van der Waals surface area contributed by atoms with Crippen LogP contribution in [0.5, 0.6) is 0 Å². The Morgan fingerprint density at radius 1 is 1.00 bits per heavy atom. The third-order valence-corrected chi connectivity index (χ3v) is 3.93. The molecule has 2 amide bonds. The molecule has 2 N–H and O–H groups in total. The van der Waals surface area contributed by atoms with Crippen LogP contribution in [0.25, 0.3) is 0 Å². The Kier molecular flexibility index (Phi) is 6.55. The van der Waals surface area contributed by atoms with E-state index in [0.717, 1.165) is 5.56 Å². The van der Waals surface area contributed by atoms with Crippen LogP contribution in [-0.2, 0) is 4.79 Å². The fourth-order valence-corrected chi connectivity index (χ4v) is 2.61. The van der Waals surface area contributed by atoms with E-state index in [1.54, 1.807) is 12.1 Å². The summed E-state index contributed by atoms with van der Waals surface area (Å²) >= 11 is 0. The summed E-state index contributed by atoms with van der Waals surface area (Å²) < 4.78 is 0. The smallest absolute Gasteiger partial charge is 0.251 e. The zero-order valence-electron chi connectivity index (χ0n) is 14.2. The highest BCUT2D eigenvalue weighted by molar-refractivity contribution is 5.94. The zero-order valence-corrected chi connectivity index (χ0v) is 14.2. The van der Waals surface area contributed by atoms with Gasteiger partial charge in [0.25, 0.3) is 5.91 Å². The van der Waals surface area contributed by atoms with E-state index >= 15 is 0 Å². The largest absolute Gasteiger partial charge is 0.352 e. The molecule has 1 unspecified atom stereocenters. The number of benzene rings is 2. The molecule has 4 heteroatoms. The molecule has 0 aliphatic heterocycles. The zero-order chi connectivity index (χ0) is 17.4. The van der Waals surface area contributed by atoms with Gasteiger partial charge in [0, 0.05) is 18.5 Å². The van der Waals surface area contributed by atoms with Crippen molar-refractivity contribution in [2.75, 3.05) is 6.54 Å². The molecular formula is C20H24N2O2. The third-order valence-electron chi connectivity index (χ3n) is 3.93. The van der Waals surface area contributed by atoms with E-state index in [0.29, 0.717) is 24.9 Å². The summed E-state index contributed by atoms with van der Waals surface area (Å²) in [7, 11) is 0. The number of amides is 2. The number of carbonyl (C=O) groups is 2. The standard InChI is InChI=1S/C20H24N2O2/c1-15-9-6-7-12-18(15)16(2)22-19(23)13-8-14-21-20(24)17-10-4-3-5-11-17/h3-7,9-12,16H,8,13-14H2,1-2H3,(H,21,24)(H,22,23). The van der Waals surface area contributed by atoms with Gasteiger partial charge in [-0.25, -0.2) is 0 Å². The predicted octanol–water partition coefficient (Wildman–Crippen LogP) is 3.38. The number of nitrogens with one attached hydrogen (secondary N) is 2. The van der Waals surface area contributed by atoms with Gasteiger partial charge in [-0.15, -0.1) is 0 Å². The van der Waals surface area contributed by atoms with Gasteiger partial charge in [0.1, 0.15) is 0 Å². The lowest BCUT2D eigenvalue weighted by Crippen LogP contribution is -2.29. The molecule has 0 bridgehead atoms. The van der Waals surface area contributed by atoms with Gasteiger partial charge in [0.2, 0.25) is 5.91 Å². The molecule has 2 rings (SSSR count). The summed E-state index contributed by atoms with van der Waals surface area (Å²) in [5.41, 5.74) is 2.93. The molecule has 0 radical (unpaired) electrons. The van der Waals surface area contributed by atoms with Gasteiger partial charge in [-0.3, -0.25) is 9.59 Å². The van der Waals surface area contributed by atoms with E-state index < -0.39 is 0 Å². The van der Waals surface area contributed by atoms with E-state index in [-0.39, 0.29) is 17.9 Å². The Balaban J connectivity index is 1.70. The van der Waals surface area contributed by atoms with Crippen LogP contribution in [0.3, 0.4) is 0 Å². The highest BCUT2D eigenvalue weighted by atomic mass is 16.2. The second-order valence-corrected chi connectivity index (χ2v) is 5.87. The number of rotatable bonds is 7. The lowest BCUT2D eigenvalue weighted by molar-refractivity contribution is -0.121. The Labute approximate surface area is 143 Å². The fraction of sp³-hybridized carbons (Fsp3) is 0.300. The Bertz CT molecular complexity index is 683. The first-order chi connectivity index (χ1) is 11.6. The average molecular weight is 324 g/mol. The molecule has 4 nitrogen and oxygen atoms in total. The molecule has 0 heterocycles. The van der Waals surface area contributed by atoms with Gasteiger partial charge >= 0.3 is 0 Å². The molecule has 0 saturated heterocycles. The van der Waals surface area contributed by atoms with Crippen LogP contribution in [-0.4, -0.2) is 18.4 Å².